The second kappa shape index (κ2) is 12.9. The first-order chi connectivity index (χ1) is 15.5. The van der Waals surface area contributed by atoms with Crippen molar-refractivity contribution in [2.45, 2.75) is 57.9 Å². The van der Waals surface area contributed by atoms with Crippen LogP contribution in [0.15, 0.2) is 51.9 Å². The number of halogens is 1. The average molecular weight is 438 g/mol. The number of fused-ring (bicyclic) bond motifs is 1. The summed E-state index contributed by atoms with van der Waals surface area (Å²) in [5, 5.41) is 0.860. The number of pyridine rings is 1. The zero-order chi connectivity index (χ0) is 23.1. The van der Waals surface area contributed by atoms with E-state index in [4.69, 9.17) is 18.9 Å². The van der Waals surface area contributed by atoms with Crippen molar-refractivity contribution in [1.29, 1.82) is 0 Å². The molecule has 33 heavy (non-hydrogen) atoms. The van der Waals surface area contributed by atoms with E-state index in [2.05, 4.69) is 23.1 Å². The minimum Gasteiger partial charge on any atom is -0.674 e. The average Bonchev–Trinajstić information content (AvgIpc) is 2.79. The second-order valence-corrected chi connectivity index (χ2v) is 8.63. The molecule has 2 unspecified atom stereocenters. The van der Waals surface area contributed by atoms with E-state index in [1.165, 1.54) is 24.4 Å². The molecule has 0 spiro atoms. The second-order valence-electron chi connectivity index (χ2n) is 8.63. The number of benzene rings is 1. The monoisotopic (exact) mass is 438 g/mol. The summed E-state index contributed by atoms with van der Waals surface area (Å²) in [5.74, 6) is 0.725. The minimum absolute atomic E-state index is 0. The molecular weight excluding hydrogens is 408 g/mol. The Balaban J connectivity index is 0.00000385. The molecule has 0 amide bonds. The van der Waals surface area contributed by atoms with Crippen molar-refractivity contribution in [2.75, 3.05) is 0 Å². The molecule has 2 N–H and O–H groups in total. The van der Waals surface area contributed by atoms with Crippen molar-refractivity contribution in [1.82, 2.24) is 4.98 Å². The standard InChI is InChI=1S/C27H30FN3O.Li/c1-4-7-19(17-30-5-2)11-10-18(3)20-8-6-9-21(14-20)27-22-12-13-26(32)31-25(22)15-24(28)23(27)16-29;/h1-2,4-5,7,12-13,15,18,20-21,29H,6,8-11,14,16H2,3H3,(H,31,32);/q-4;+1/b19-7-;/t18?,20-,21?;/m1./s1. The minimum atomic E-state index is -0.404. The van der Waals surface area contributed by atoms with E-state index >= 15 is 0 Å². The molecule has 1 heterocycles. The van der Waals surface area contributed by atoms with Gasteiger partial charge in [0.2, 0.25) is 5.56 Å². The smallest absolute Gasteiger partial charge is 0.674 e. The Morgan fingerprint density at radius 3 is 2.88 bits per heavy atom. The van der Waals surface area contributed by atoms with E-state index in [1.807, 2.05) is 0 Å². The SMILES string of the molecule is [CH-]=C/C=C(\[C-]=NC=[CH-])CCC(C)[C@@H]1CCCC(c2c(C[NH-])c(F)cc3[nH]c(=O)ccc23)C1.[Li+]. The van der Waals surface area contributed by atoms with Gasteiger partial charge in [-0.3, -0.25) is 17.6 Å². The Kier molecular flexibility index (Phi) is 10.6. The van der Waals surface area contributed by atoms with Crippen molar-refractivity contribution in [3.05, 3.63) is 88.3 Å². The number of hydrogen-bond donors (Lipinski definition) is 1. The van der Waals surface area contributed by atoms with Crippen molar-refractivity contribution in [2.24, 2.45) is 16.8 Å². The van der Waals surface area contributed by atoms with Crippen molar-refractivity contribution >= 4 is 17.1 Å². The van der Waals surface area contributed by atoms with Crippen molar-refractivity contribution in [3.8, 4) is 0 Å². The van der Waals surface area contributed by atoms with Gasteiger partial charge >= 0.3 is 18.9 Å². The van der Waals surface area contributed by atoms with Crippen LogP contribution in [0.25, 0.3) is 16.6 Å². The molecule has 1 aliphatic rings. The third-order valence-electron chi connectivity index (χ3n) is 6.68. The van der Waals surface area contributed by atoms with Gasteiger partial charge in [0.25, 0.3) is 0 Å². The number of H-pyrrole nitrogens is 1. The van der Waals surface area contributed by atoms with E-state index in [1.54, 1.807) is 12.1 Å². The Bertz CT molecular complexity index is 1090. The number of nitrogens with one attached hydrogen (secondary N) is 2. The molecular formula is C27H30FLiN3O-3. The van der Waals surface area contributed by atoms with Crippen LogP contribution < -0.4 is 24.4 Å². The normalized spacial score (nSPS) is 19.9. The number of aromatic nitrogens is 1. The molecule has 3 rings (SSSR count). The molecule has 0 bridgehead atoms. The quantitative estimate of drug-likeness (QED) is 0.276. The van der Waals surface area contributed by atoms with Crippen molar-refractivity contribution < 1.29 is 23.3 Å². The third-order valence-corrected chi connectivity index (χ3v) is 6.68. The Morgan fingerprint density at radius 2 is 2.18 bits per heavy atom. The predicted molar refractivity (Wildman–Crippen MR) is 129 cm³/mol. The molecule has 6 heteroatoms. The van der Waals surface area contributed by atoms with Gasteiger partial charge in [0.05, 0.1) is 5.52 Å². The van der Waals surface area contributed by atoms with Crippen LogP contribution in [-0.2, 0) is 6.54 Å². The summed E-state index contributed by atoms with van der Waals surface area (Å²) in [6, 6.07) is 4.62. The van der Waals surface area contributed by atoms with Crippen LogP contribution in [0.1, 0.15) is 62.5 Å². The molecule has 0 saturated heterocycles. The van der Waals surface area contributed by atoms with Gasteiger partial charge < -0.3 is 22.3 Å². The van der Waals surface area contributed by atoms with E-state index in [9.17, 15) is 9.18 Å². The number of nitrogens with zero attached hydrogens (tertiary/aromatic N) is 1. The number of allylic oxidation sites excluding steroid dienone is 3. The summed E-state index contributed by atoms with van der Waals surface area (Å²) < 4.78 is 14.8. The maximum absolute atomic E-state index is 14.8. The van der Waals surface area contributed by atoms with Crippen LogP contribution >= 0.6 is 0 Å². The van der Waals surface area contributed by atoms with Crippen LogP contribution in [0, 0.1) is 30.8 Å². The Labute approximate surface area is 208 Å². The fraction of sp³-hybridized carbons (Fsp3) is 0.407. The van der Waals surface area contributed by atoms with Gasteiger partial charge in [0.15, 0.2) is 0 Å². The van der Waals surface area contributed by atoms with Gasteiger partial charge in [0, 0.05) is 11.5 Å². The molecule has 0 aliphatic heterocycles. The van der Waals surface area contributed by atoms with Crippen LogP contribution in [-0.4, -0.2) is 11.2 Å². The van der Waals surface area contributed by atoms with Crippen LogP contribution in [0.3, 0.4) is 0 Å². The number of aliphatic imine (C=N–C) groups is 1. The van der Waals surface area contributed by atoms with Gasteiger partial charge in [0.1, 0.15) is 5.82 Å². The third kappa shape index (κ3) is 6.66. The molecule has 1 saturated carbocycles. The van der Waals surface area contributed by atoms with Gasteiger partial charge in [-0.05, 0) is 66.7 Å². The first-order valence-corrected chi connectivity index (χ1v) is 11.2. The van der Waals surface area contributed by atoms with Crippen molar-refractivity contribution in [3.63, 3.8) is 0 Å². The van der Waals surface area contributed by atoms with Gasteiger partial charge in [-0.15, -0.1) is 12.1 Å². The number of hydrogen-bond acceptors (Lipinski definition) is 2. The van der Waals surface area contributed by atoms with Gasteiger partial charge in [-0.1, -0.05) is 26.0 Å². The molecule has 1 aliphatic carbocycles. The zero-order valence-electron chi connectivity index (χ0n) is 19.5. The van der Waals surface area contributed by atoms with E-state index in [-0.39, 0.29) is 36.9 Å². The molecule has 1 fully saturated rings. The molecule has 1 aromatic carbocycles. The zero-order valence-corrected chi connectivity index (χ0v) is 19.5. The van der Waals surface area contributed by atoms with Gasteiger partial charge in [-0.2, -0.15) is 6.08 Å². The van der Waals surface area contributed by atoms with E-state index in [0.717, 1.165) is 55.0 Å². The van der Waals surface area contributed by atoms with Gasteiger partial charge in [-0.25, -0.2) is 10.5 Å². The van der Waals surface area contributed by atoms with Crippen LogP contribution in [0.5, 0.6) is 0 Å². The number of aromatic amines is 1. The predicted octanol–water partition coefficient (Wildman–Crippen LogP) is 3.72. The Morgan fingerprint density at radius 1 is 1.39 bits per heavy atom. The number of rotatable bonds is 9. The first kappa shape index (κ1) is 27.1. The maximum atomic E-state index is 14.8. The van der Waals surface area contributed by atoms with E-state index < -0.39 is 5.82 Å². The maximum Gasteiger partial charge on any atom is 1.00 e. The Hall–Kier alpha value is -2.19. The summed E-state index contributed by atoms with van der Waals surface area (Å²) in [6.07, 6.45) is 13.3. The summed E-state index contributed by atoms with van der Waals surface area (Å²) >= 11 is 0. The van der Waals surface area contributed by atoms with Crippen LogP contribution in [0.2, 0.25) is 0 Å². The molecule has 4 nitrogen and oxygen atoms in total. The first-order valence-electron chi connectivity index (χ1n) is 11.2. The van der Waals surface area contributed by atoms with Crippen LogP contribution in [0.4, 0.5) is 4.39 Å². The summed E-state index contributed by atoms with van der Waals surface area (Å²) in [4.78, 5) is 18.4. The topological polar surface area (TPSA) is 69.0 Å². The molecule has 170 valence electrons. The fourth-order valence-electron chi connectivity index (χ4n) is 5.03. The molecule has 2 aromatic rings. The largest absolute Gasteiger partial charge is 1.00 e. The fourth-order valence-corrected chi connectivity index (χ4v) is 5.03. The summed E-state index contributed by atoms with van der Waals surface area (Å²) in [6.45, 7) is 13.0. The molecule has 1 aromatic heterocycles. The summed E-state index contributed by atoms with van der Waals surface area (Å²) in [5.41, 5.74) is 10.5. The molecule has 0 radical (unpaired) electrons. The summed E-state index contributed by atoms with van der Waals surface area (Å²) in [7, 11) is 0. The molecule has 3 atom stereocenters. The van der Waals surface area contributed by atoms with E-state index in [0.29, 0.717) is 22.9 Å².